The minimum atomic E-state index is -3.86. The van der Waals surface area contributed by atoms with E-state index in [1.54, 1.807) is 24.3 Å². The van der Waals surface area contributed by atoms with Crippen molar-refractivity contribution in [2.75, 3.05) is 26.3 Å². The number of sulfonamides is 2. The number of hydrogen-bond acceptors (Lipinski definition) is 5. The Kier molecular flexibility index (Phi) is 9.54. The number of piperidine rings is 1. The molecule has 0 radical (unpaired) electrons. The molecule has 2 aromatic rings. The van der Waals surface area contributed by atoms with Crippen LogP contribution in [0.1, 0.15) is 45.1 Å². The van der Waals surface area contributed by atoms with Crippen LogP contribution >= 0.6 is 11.6 Å². The highest BCUT2D eigenvalue weighted by atomic mass is 35.5. The minimum Gasteiger partial charge on any atom is -0.382 e. The lowest BCUT2D eigenvalue weighted by Gasteiger charge is -2.32. The van der Waals surface area contributed by atoms with Gasteiger partial charge in [0.15, 0.2) is 0 Å². The largest absolute Gasteiger partial charge is 0.382 e. The molecular formula is C24H33ClN2O5S2. The van der Waals surface area contributed by atoms with Crippen LogP contribution < -0.4 is 0 Å². The van der Waals surface area contributed by atoms with Gasteiger partial charge in [0.05, 0.1) is 9.79 Å². The van der Waals surface area contributed by atoms with Gasteiger partial charge in [-0.1, -0.05) is 30.2 Å². The number of hydrogen-bond donors (Lipinski definition) is 0. The second kappa shape index (κ2) is 12.0. The predicted molar refractivity (Wildman–Crippen MR) is 134 cm³/mol. The first-order chi connectivity index (χ1) is 16.2. The van der Waals surface area contributed by atoms with Gasteiger partial charge in [0.25, 0.3) is 0 Å². The average Bonchev–Trinajstić information content (AvgIpc) is 2.82. The molecule has 34 heavy (non-hydrogen) atoms. The summed E-state index contributed by atoms with van der Waals surface area (Å²) < 4.78 is 61.5. The van der Waals surface area contributed by atoms with E-state index < -0.39 is 20.0 Å². The van der Waals surface area contributed by atoms with Crippen molar-refractivity contribution in [3.8, 4) is 0 Å². The monoisotopic (exact) mass is 528 g/mol. The molecule has 2 aromatic carbocycles. The fourth-order valence-electron chi connectivity index (χ4n) is 4.06. The van der Waals surface area contributed by atoms with Crippen LogP contribution in [-0.2, 0) is 31.3 Å². The van der Waals surface area contributed by atoms with Crippen molar-refractivity contribution in [3.05, 3.63) is 59.1 Å². The summed E-state index contributed by atoms with van der Waals surface area (Å²) in [6.45, 7) is 5.75. The van der Waals surface area contributed by atoms with E-state index in [0.717, 1.165) is 24.8 Å². The molecule has 1 atom stereocenters. The van der Waals surface area contributed by atoms with Crippen LogP contribution in [0.25, 0.3) is 0 Å². The second-order valence-electron chi connectivity index (χ2n) is 8.45. The van der Waals surface area contributed by atoms with E-state index in [1.807, 2.05) is 13.8 Å². The maximum absolute atomic E-state index is 13.5. The third-order valence-corrected chi connectivity index (χ3v) is 10.1. The van der Waals surface area contributed by atoms with Gasteiger partial charge in [0, 0.05) is 43.9 Å². The summed E-state index contributed by atoms with van der Waals surface area (Å²) in [5, 5.41) is 0.578. The quantitative estimate of drug-likeness (QED) is 0.400. The lowest BCUT2D eigenvalue weighted by molar-refractivity contribution is 0.140. The highest BCUT2D eigenvalue weighted by molar-refractivity contribution is 7.89. The predicted octanol–water partition coefficient (Wildman–Crippen LogP) is 4.52. The first-order valence-corrected chi connectivity index (χ1v) is 14.9. The van der Waals surface area contributed by atoms with Gasteiger partial charge in [-0.25, -0.2) is 16.8 Å². The first-order valence-electron chi connectivity index (χ1n) is 11.6. The summed E-state index contributed by atoms with van der Waals surface area (Å²) in [4.78, 5) is 0.171. The van der Waals surface area contributed by atoms with Crippen molar-refractivity contribution < 1.29 is 21.6 Å². The molecule has 188 valence electrons. The number of benzene rings is 2. The number of ether oxygens (including phenoxy) is 1. The van der Waals surface area contributed by atoms with Gasteiger partial charge in [-0.05, 0) is 75.1 Å². The first kappa shape index (κ1) is 27.1. The van der Waals surface area contributed by atoms with Gasteiger partial charge in [0.1, 0.15) is 0 Å². The number of rotatable bonds is 11. The molecule has 0 spiro atoms. The Morgan fingerprint density at radius 1 is 1.00 bits per heavy atom. The normalized spacial score (nSPS) is 17.8. The van der Waals surface area contributed by atoms with E-state index in [4.69, 9.17) is 16.3 Å². The molecule has 1 saturated heterocycles. The van der Waals surface area contributed by atoms with Gasteiger partial charge in [0.2, 0.25) is 20.0 Å². The molecule has 0 amide bonds. The highest BCUT2D eigenvalue weighted by Crippen LogP contribution is 2.27. The molecule has 0 N–H and O–H groups in total. The fraction of sp³-hybridized carbons (Fsp3) is 0.500. The lowest BCUT2D eigenvalue weighted by atomic mass is 10.1. The van der Waals surface area contributed by atoms with E-state index in [1.165, 1.54) is 32.9 Å². The Hall–Kier alpha value is -1.49. The Balaban J connectivity index is 1.84. The SMILES string of the molecule is CCOCCCN(Cc1ccc(Cl)cc1)S(=O)(=O)c1ccc(S(=O)(=O)N2CCCCC2C)cc1. The van der Waals surface area contributed by atoms with Crippen molar-refractivity contribution in [2.45, 2.75) is 61.9 Å². The van der Waals surface area contributed by atoms with Gasteiger partial charge >= 0.3 is 0 Å². The van der Waals surface area contributed by atoms with Crippen molar-refractivity contribution >= 4 is 31.6 Å². The second-order valence-corrected chi connectivity index (χ2v) is 12.7. The summed E-state index contributed by atoms with van der Waals surface area (Å²) in [5.74, 6) is 0. The van der Waals surface area contributed by atoms with E-state index >= 15 is 0 Å². The molecule has 1 aliphatic rings. The molecular weight excluding hydrogens is 496 g/mol. The zero-order chi connectivity index (χ0) is 24.8. The van der Waals surface area contributed by atoms with E-state index in [-0.39, 0.29) is 28.9 Å². The maximum atomic E-state index is 13.5. The molecule has 10 heteroatoms. The smallest absolute Gasteiger partial charge is 0.243 e. The Morgan fingerprint density at radius 2 is 1.65 bits per heavy atom. The third-order valence-electron chi connectivity index (χ3n) is 5.98. The average molecular weight is 529 g/mol. The van der Waals surface area contributed by atoms with Crippen LogP contribution in [0.3, 0.4) is 0 Å². The molecule has 1 unspecified atom stereocenters. The third kappa shape index (κ3) is 6.59. The molecule has 1 aliphatic heterocycles. The van der Waals surface area contributed by atoms with Crippen molar-refractivity contribution in [2.24, 2.45) is 0 Å². The lowest BCUT2D eigenvalue weighted by Crippen LogP contribution is -2.41. The molecule has 3 rings (SSSR count). The molecule has 7 nitrogen and oxygen atoms in total. The molecule has 0 aromatic heterocycles. The van der Waals surface area contributed by atoms with Crippen molar-refractivity contribution in [3.63, 3.8) is 0 Å². The zero-order valence-electron chi connectivity index (χ0n) is 19.7. The van der Waals surface area contributed by atoms with Crippen molar-refractivity contribution in [1.29, 1.82) is 0 Å². The topological polar surface area (TPSA) is 84.0 Å². The Labute approximate surface area is 208 Å². The zero-order valence-corrected chi connectivity index (χ0v) is 22.1. The van der Waals surface area contributed by atoms with Gasteiger partial charge in [-0.2, -0.15) is 8.61 Å². The Morgan fingerprint density at radius 3 is 2.26 bits per heavy atom. The fourth-order valence-corrected chi connectivity index (χ4v) is 7.35. The van der Waals surface area contributed by atoms with Gasteiger partial charge < -0.3 is 4.74 Å². The molecule has 1 heterocycles. The van der Waals surface area contributed by atoms with Gasteiger partial charge in [-0.15, -0.1) is 0 Å². The highest BCUT2D eigenvalue weighted by Gasteiger charge is 2.32. The summed E-state index contributed by atoms with van der Waals surface area (Å²) in [6.07, 6.45) is 3.21. The van der Waals surface area contributed by atoms with E-state index in [2.05, 4.69) is 0 Å². The van der Waals surface area contributed by atoms with Crippen LogP contribution in [-0.4, -0.2) is 57.8 Å². The molecule has 0 aliphatic carbocycles. The molecule has 0 saturated carbocycles. The standard InChI is InChI=1S/C24H33ClN2O5S2/c1-3-32-18-6-16-26(19-21-8-10-22(25)11-9-21)33(28,29)23-12-14-24(15-13-23)34(30,31)27-17-5-4-7-20(27)2/h8-15,20H,3-7,16-19H2,1-2H3. The summed E-state index contributed by atoms with van der Waals surface area (Å²) in [5.41, 5.74) is 0.808. The number of nitrogens with zero attached hydrogens (tertiary/aromatic N) is 2. The van der Waals surface area contributed by atoms with E-state index in [0.29, 0.717) is 31.2 Å². The molecule has 0 bridgehead atoms. The summed E-state index contributed by atoms with van der Waals surface area (Å²) in [7, 11) is -7.53. The van der Waals surface area contributed by atoms with Crippen LogP contribution in [0.2, 0.25) is 5.02 Å². The van der Waals surface area contributed by atoms with Crippen LogP contribution in [0, 0.1) is 0 Å². The number of halogens is 1. The van der Waals surface area contributed by atoms with E-state index in [9.17, 15) is 16.8 Å². The Bertz CT molecular complexity index is 1140. The van der Waals surface area contributed by atoms with Crippen LogP contribution in [0.5, 0.6) is 0 Å². The van der Waals surface area contributed by atoms with Crippen LogP contribution in [0.15, 0.2) is 58.3 Å². The summed E-state index contributed by atoms with van der Waals surface area (Å²) >= 11 is 5.97. The maximum Gasteiger partial charge on any atom is 0.243 e. The summed E-state index contributed by atoms with van der Waals surface area (Å²) in [6, 6.07) is 12.5. The minimum absolute atomic E-state index is 0.0588. The molecule has 1 fully saturated rings. The van der Waals surface area contributed by atoms with Crippen LogP contribution in [0.4, 0.5) is 0 Å². The van der Waals surface area contributed by atoms with Crippen molar-refractivity contribution in [1.82, 2.24) is 8.61 Å². The van der Waals surface area contributed by atoms with Gasteiger partial charge in [-0.3, -0.25) is 0 Å².